The standard InChI is InChI=1S/C16H16N2O3/c1-11-6-8-12(9-7-11)17-10-15(19)18-14-5-3-2-4-13(14)16(20)21/h2-9,17H,10H2,1H3,(H,18,19)(H,20,21). The smallest absolute Gasteiger partial charge is 0.337 e. The number of carboxylic acids is 1. The van der Waals surface area contributed by atoms with Crippen LogP contribution in [0.2, 0.25) is 0 Å². The van der Waals surface area contributed by atoms with Gasteiger partial charge in [-0.1, -0.05) is 29.8 Å². The molecule has 5 nitrogen and oxygen atoms in total. The molecule has 0 aromatic heterocycles. The second-order valence-corrected chi connectivity index (χ2v) is 4.62. The van der Waals surface area contributed by atoms with Crippen LogP contribution in [-0.2, 0) is 4.79 Å². The maximum Gasteiger partial charge on any atom is 0.337 e. The molecule has 0 aliphatic heterocycles. The molecule has 0 spiro atoms. The lowest BCUT2D eigenvalue weighted by atomic mass is 10.2. The zero-order valence-corrected chi connectivity index (χ0v) is 11.6. The average molecular weight is 284 g/mol. The summed E-state index contributed by atoms with van der Waals surface area (Å²) in [5.41, 5.74) is 2.34. The van der Waals surface area contributed by atoms with Crippen LogP contribution >= 0.6 is 0 Å². The first-order valence-corrected chi connectivity index (χ1v) is 6.49. The van der Waals surface area contributed by atoms with Crippen LogP contribution in [0.4, 0.5) is 11.4 Å². The van der Waals surface area contributed by atoms with Crippen molar-refractivity contribution < 1.29 is 14.7 Å². The fourth-order valence-electron chi connectivity index (χ4n) is 1.83. The molecule has 1 amide bonds. The SMILES string of the molecule is Cc1ccc(NCC(=O)Nc2ccccc2C(=O)O)cc1. The lowest BCUT2D eigenvalue weighted by Gasteiger charge is -2.10. The van der Waals surface area contributed by atoms with Gasteiger partial charge in [0.15, 0.2) is 0 Å². The molecule has 2 aromatic carbocycles. The summed E-state index contributed by atoms with van der Waals surface area (Å²) in [6, 6.07) is 14.0. The predicted octanol–water partition coefficient (Wildman–Crippen LogP) is 2.74. The minimum absolute atomic E-state index is 0.0665. The molecule has 2 aromatic rings. The Labute approximate surface area is 122 Å². The van der Waals surface area contributed by atoms with E-state index in [2.05, 4.69) is 10.6 Å². The number of hydrogen-bond acceptors (Lipinski definition) is 3. The number of nitrogens with one attached hydrogen (secondary N) is 2. The molecule has 0 aliphatic carbocycles. The number of para-hydroxylation sites is 1. The van der Waals surface area contributed by atoms with E-state index in [9.17, 15) is 9.59 Å². The van der Waals surface area contributed by atoms with Gasteiger partial charge >= 0.3 is 5.97 Å². The monoisotopic (exact) mass is 284 g/mol. The molecule has 3 N–H and O–H groups in total. The van der Waals surface area contributed by atoms with Crippen LogP contribution in [0, 0.1) is 6.92 Å². The summed E-state index contributed by atoms with van der Waals surface area (Å²) in [7, 11) is 0. The molecule has 0 heterocycles. The van der Waals surface area contributed by atoms with Gasteiger partial charge in [0, 0.05) is 5.69 Å². The van der Waals surface area contributed by atoms with Crippen molar-refractivity contribution in [2.24, 2.45) is 0 Å². The highest BCUT2D eigenvalue weighted by Crippen LogP contribution is 2.15. The van der Waals surface area contributed by atoms with Crippen LogP contribution in [-0.4, -0.2) is 23.5 Å². The van der Waals surface area contributed by atoms with Gasteiger partial charge in [-0.25, -0.2) is 4.79 Å². The Morgan fingerprint density at radius 2 is 1.71 bits per heavy atom. The van der Waals surface area contributed by atoms with Gasteiger partial charge in [-0.2, -0.15) is 0 Å². The van der Waals surface area contributed by atoms with Crippen molar-refractivity contribution in [3.8, 4) is 0 Å². The summed E-state index contributed by atoms with van der Waals surface area (Å²) in [4.78, 5) is 22.9. The van der Waals surface area contributed by atoms with E-state index >= 15 is 0 Å². The van der Waals surface area contributed by atoms with Gasteiger partial charge in [-0.05, 0) is 31.2 Å². The summed E-state index contributed by atoms with van der Waals surface area (Å²) in [6.45, 7) is 2.05. The molecule has 0 bridgehead atoms. The maximum atomic E-state index is 11.9. The number of carbonyl (C=O) groups is 2. The highest BCUT2D eigenvalue weighted by Gasteiger charge is 2.11. The van der Waals surface area contributed by atoms with Gasteiger partial charge in [0.1, 0.15) is 0 Å². The van der Waals surface area contributed by atoms with Crippen molar-refractivity contribution >= 4 is 23.3 Å². The number of benzene rings is 2. The van der Waals surface area contributed by atoms with Crippen LogP contribution in [0.15, 0.2) is 48.5 Å². The second kappa shape index (κ2) is 6.56. The minimum atomic E-state index is -1.07. The zero-order valence-electron chi connectivity index (χ0n) is 11.6. The molecule has 0 radical (unpaired) electrons. The first-order chi connectivity index (χ1) is 10.1. The molecule has 0 fully saturated rings. The summed E-state index contributed by atoms with van der Waals surface area (Å²) in [5, 5.41) is 14.6. The highest BCUT2D eigenvalue weighted by atomic mass is 16.4. The third-order valence-corrected chi connectivity index (χ3v) is 2.94. The Hall–Kier alpha value is -2.82. The van der Waals surface area contributed by atoms with Gasteiger partial charge < -0.3 is 15.7 Å². The molecule has 0 atom stereocenters. The minimum Gasteiger partial charge on any atom is -0.478 e. The Balaban J connectivity index is 1.96. The van der Waals surface area contributed by atoms with E-state index in [0.29, 0.717) is 5.69 Å². The fourth-order valence-corrected chi connectivity index (χ4v) is 1.83. The highest BCUT2D eigenvalue weighted by molar-refractivity contribution is 6.01. The van der Waals surface area contributed by atoms with Gasteiger partial charge in [0.2, 0.25) is 5.91 Å². The first-order valence-electron chi connectivity index (χ1n) is 6.49. The van der Waals surface area contributed by atoms with E-state index in [1.54, 1.807) is 18.2 Å². The zero-order chi connectivity index (χ0) is 15.2. The number of carbonyl (C=O) groups excluding carboxylic acids is 1. The topological polar surface area (TPSA) is 78.4 Å². The van der Waals surface area contributed by atoms with Gasteiger partial charge in [-0.3, -0.25) is 4.79 Å². The van der Waals surface area contributed by atoms with Gasteiger partial charge in [0.25, 0.3) is 0 Å². The number of hydrogen-bond donors (Lipinski definition) is 3. The lowest BCUT2D eigenvalue weighted by Crippen LogP contribution is -2.22. The van der Waals surface area contributed by atoms with Crippen molar-refractivity contribution in [1.29, 1.82) is 0 Å². The predicted molar refractivity (Wildman–Crippen MR) is 81.7 cm³/mol. The second-order valence-electron chi connectivity index (χ2n) is 4.62. The van der Waals surface area contributed by atoms with Crippen molar-refractivity contribution in [2.75, 3.05) is 17.2 Å². The average Bonchev–Trinajstić information content (AvgIpc) is 2.47. The Morgan fingerprint density at radius 3 is 2.38 bits per heavy atom. The first kappa shape index (κ1) is 14.6. The number of amides is 1. The van der Waals surface area contributed by atoms with Crippen LogP contribution in [0.5, 0.6) is 0 Å². The molecule has 108 valence electrons. The van der Waals surface area contributed by atoms with Crippen molar-refractivity contribution in [1.82, 2.24) is 0 Å². The summed E-state index contributed by atoms with van der Waals surface area (Å²) < 4.78 is 0. The molecule has 0 unspecified atom stereocenters. The van der Waals surface area contributed by atoms with E-state index in [-0.39, 0.29) is 18.0 Å². The summed E-state index contributed by atoms with van der Waals surface area (Å²) >= 11 is 0. The largest absolute Gasteiger partial charge is 0.478 e. The van der Waals surface area contributed by atoms with Crippen LogP contribution in [0.1, 0.15) is 15.9 Å². The van der Waals surface area contributed by atoms with E-state index in [4.69, 9.17) is 5.11 Å². The lowest BCUT2D eigenvalue weighted by molar-refractivity contribution is -0.114. The van der Waals surface area contributed by atoms with Gasteiger partial charge in [0.05, 0.1) is 17.8 Å². The number of aryl methyl sites for hydroxylation is 1. The maximum absolute atomic E-state index is 11.9. The number of rotatable bonds is 5. The molecule has 0 saturated carbocycles. The van der Waals surface area contributed by atoms with E-state index < -0.39 is 5.97 Å². The Bertz CT molecular complexity index is 651. The quantitative estimate of drug-likeness (QED) is 0.789. The molecular weight excluding hydrogens is 268 g/mol. The third kappa shape index (κ3) is 4.07. The molecule has 0 saturated heterocycles. The summed E-state index contributed by atoms with van der Waals surface area (Å²) in [6.07, 6.45) is 0. The third-order valence-electron chi connectivity index (χ3n) is 2.94. The van der Waals surface area contributed by atoms with Crippen LogP contribution < -0.4 is 10.6 Å². The number of anilines is 2. The number of aromatic carboxylic acids is 1. The molecule has 2 rings (SSSR count). The van der Waals surface area contributed by atoms with Gasteiger partial charge in [-0.15, -0.1) is 0 Å². The molecule has 0 aliphatic rings. The molecule has 5 heteroatoms. The van der Waals surface area contributed by atoms with E-state index in [1.807, 2.05) is 31.2 Å². The van der Waals surface area contributed by atoms with Crippen LogP contribution in [0.25, 0.3) is 0 Å². The molecular formula is C16H16N2O3. The number of carboxylic acid groups (broad SMARTS) is 1. The van der Waals surface area contributed by atoms with E-state index in [1.165, 1.54) is 6.07 Å². The Kier molecular flexibility index (Phi) is 4.56. The van der Waals surface area contributed by atoms with Crippen molar-refractivity contribution in [2.45, 2.75) is 6.92 Å². The van der Waals surface area contributed by atoms with E-state index in [0.717, 1.165) is 11.3 Å². The Morgan fingerprint density at radius 1 is 1.05 bits per heavy atom. The van der Waals surface area contributed by atoms with Crippen molar-refractivity contribution in [3.63, 3.8) is 0 Å². The molecule has 21 heavy (non-hydrogen) atoms. The van der Waals surface area contributed by atoms with Crippen LogP contribution in [0.3, 0.4) is 0 Å². The normalized spacial score (nSPS) is 9.95. The summed E-state index contributed by atoms with van der Waals surface area (Å²) in [5.74, 6) is -1.37. The fraction of sp³-hybridized carbons (Fsp3) is 0.125. The van der Waals surface area contributed by atoms with Crippen molar-refractivity contribution in [3.05, 3.63) is 59.7 Å².